The molecule has 6 nitrogen and oxygen atoms in total. The fraction of sp³-hybridized carbons (Fsp3) is 0.500. The molecular weight excluding hydrogens is 286 g/mol. The van der Waals surface area contributed by atoms with Gasteiger partial charge in [0.15, 0.2) is 0 Å². The Morgan fingerprint density at radius 2 is 2.23 bits per heavy atom. The summed E-state index contributed by atoms with van der Waals surface area (Å²) in [6.45, 7) is 3.09. The van der Waals surface area contributed by atoms with E-state index in [-0.39, 0.29) is 25.4 Å². The number of aryl methyl sites for hydroxylation is 1. The first-order chi connectivity index (χ1) is 10.5. The molecule has 6 heteroatoms. The van der Waals surface area contributed by atoms with Gasteiger partial charge in [0.2, 0.25) is 5.91 Å². The summed E-state index contributed by atoms with van der Waals surface area (Å²) < 4.78 is 10.6. The van der Waals surface area contributed by atoms with Gasteiger partial charge in [-0.05, 0) is 24.1 Å². The van der Waals surface area contributed by atoms with Crippen molar-refractivity contribution in [1.82, 2.24) is 4.90 Å². The van der Waals surface area contributed by atoms with E-state index in [1.165, 1.54) is 0 Å². The van der Waals surface area contributed by atoms with Crippen molar-refractivity contribution in [2.24, 2.45) is 0 Å². The molecule has 1 aliphatic rings. The van der Waals surface area contributed by atoms with E-state index in [9.17, 15) is 9.59 Å². The van der Waals surface area contributed by atoms with Gasteiger partial charge in [-0.15, -0.1) is 0 Å². The summed E-state index contributed by atoms with van der Waals surface area (Å²) >= 11 is 0. The van der Waals surface area contributed by atoms with E-state index < -0.39 is 12.0 Å². The Morgan fingerprint density at radius 1 is 1.45 bits per heavy atom. The van der Waals surface area contributed by atoms with Gasteiger partial charge in [0.1, 0.15) is 5.75 Å². The fourth-order valence-electron chi connectivity index (χ4n) is 2.60. The van der Waals surface area contributed by atoms with Crippen LogP contribution in [0.1, 0.15) is 17.5 Å². The normalized spacial score (nSPS) is 18.1. The summed E-state index contributed by atoms with van der Waals surface area (Å²) in [5, 5.41) is 8.94. The van der Waals surface area contributed by atoms with Gasteiger partial charge < -0.3 is 19.5 Å². The van der Waals surface area contributed by atoms with Gasteiger partial charge >= 0.3 is 5.97 Å². The lowest BCUT2D eigenvalue weighted by molar-refractivity contribution is -0.145. The first-order valence-corrected chi connectivity index (χ1v) is 7.23. The highest BCUT2D eigenvalue weighted by atomic mass is 16.5. The van der Waals surface area contributed by atoms with Crippen LogP contribution in [0, 0.1) is 6.92 Å². The number of nitrogens with zero attached hydrogens (tertiary/aromatic N) is 1. The number of hydrogen-bond acceptors (Lipinski definition) is 4. The molecule has 1 N–H and O–H groups in total. The van der Waals surface area contributed by atoms with Crippen LogP contribution in [0.15, 0.2) is 18.2 Å². The van der Waals surface area contributed by atoms with E-state index in [1.54, 1.807) is 12.0 Å². The molecule has 0 saturated carbocycles. The number of morpholine rings is 1. The van der Waals surface area contributed by atoms with Crippen molar-refractivity contribution >= 4 is 11.9 Å². The highest BCUT2D eigenvalue weighted by Gasteiger charge is 2.29. The second kappa shape index (κ2) is 7.26. The third-order valence-electron chi connectivity index (χ3n) is 3.79. The Labute approximate surface area is 129 Å². The van der Waals surface area contributed by atoms with Crippen LogP contribution in [0.3, 0.4) is 0 Å². The molecule has 1 aromatic carbocycles. The molecule has 0 aromatic heterocycles. The Bertz CT molecular complexity index is 557. The Morgan fingerprint density at radius 3 is 2.91 bits per heavy atom. The van der Waals surface area contributed by atoms with E-state index in [0.29, 0.717) is 13.2 Å². The molecule has 1 unspecified atom stereocenters. The van der Waals surface area contributed by atoms with E-state index in [2.05, 4.69) is 0 Å². The van der Waals surface area contributed by atoms with E-state index in [4.69, 9.17) is 14.6 Å². The average Bonchev–Trinajstić information content (AvgIpc) is 2.49. The molecule has 1 fully saturated rings. The Kier molecular flexibility index (Phi) is 5.38. The van der Waals surface area contributed by atoms with Gasteiger partial charge in [0, 0.05) is 6.54 Å². The molecule has 2 rings (SSSR count). The number of methoxy groups -OCH3 is 1. The van der Waals surface area contributed by atoms with Crippen LogP contribution in [0.4, 0.5) is 0 Å². The smallest absolute Gasteiger partial charge is 0.305 e. The second-order valence-electron chi connectivity index (χ2n) is 5.39. The summed E-state index contributed by atoms with van der Waals surface area (Å²) in [6.07, 6.45) is 0.135. The Hall–Kier alpha value is -2.08. The van der Waals surface area contributed by atoms with Gasteiger partial charge in [0.05, 0.1) is 39.2 Å². The molecule has 120 valence electrons. The lowest BCUT2D eigenvalue weighted by Crippen LogP contribution is -2.50. The summed E-state index contributed by atoms with van der Waals surface area (Å²) in [4.78, 5) is 25.0. The van der Waals surface area contributed by atoms with Crippen molar-refractivity contribution in [1.29, 1.82) is 0 Å². The van der Waals surface area contributed by atoms with Crippen LogP contribution in [0.5, 0.6) is 5.75 Å². The monoisotopic (exact) mass is 307 g/mol. The van der Waals surface area contributed by atoms with Crippen molar-refractivity contribution in [2.45, 2.75) is 25.8 Å². The molecule has 1 aromatic rings. The van der Waals surface area contributed by atoms with Gasteiger partial charge in [-0.3, -0.25) is 9.59 Å². The SMILES string of the molecule is COc1cc(CC(=O)N2CCOCC2CC(=O)O)ccc1C. The number of carbonyl (C=O) groups excluding carboxylic acids is 1. The molecule has 0 bridgehead atoms. The Balaban J connectivity index is 2.07. The first kappa shape index (κ1) is 16.3. The maximum atomic E-state index is 12.5. The van der Waals surface area contributed by atoms with Crippen LogP contribution < -0.4 is 4.74 Å². The molecule has 0 spiro atoms. The third-order valence-corrected chi connectivity index (χ3v) is 3.79. The van der Waals surface area contributed by atoms with Crippen LogP contribution >= 0.6 is 0 Å². The lowest BCUT2D eigenvalue weighted by Gasteiger charge is -2.35. The molecule has 0 aliphatic carbocycles. The second-order valence-corrected chi connectivity index (χ2v) is 5.39. The number of carboxylic acids is 1. The molecule has 1 amide bonds. The summed E-state index contributed by atoms with van der Waals surface area (Å²) in [5.41, 5.74) is 1.86. The molecular formula is C16H21NO5. The summed E-state index contributed by atoms with van der Waals surface area (Å²) in [6, 6.07) is 5.25. The fourth-order valence-corrected chi connectivity index (χ4v) is 2.60. The van der Waals surface area contributed by atoms with E-state index in [0.717, 1.165) is 16.9 Å². The number of carboxylic acid groups (broad SMARTS) is 1. The van der Waals surface area contributed by atoms with Crippen LogP contribution in [-0.2, 0) is 20.7 Å². The van der Waals surface area contributed by atoms with Crippen LogP contribution in [-0.4, -0.2) is 54.8 Å². The highest BCUT2D eigenvalue weighted by molar-refractivity contribution is 5.80. The quantitative estimate of drug-likeness (QED) is 0.886. The maximum Gasteiger partial charge on any atom is 0.305 e. The minimum Gasteiger partial charge on any atom is -0.496 e. The number of rotatable bonds is 5. The minimum atomic E-state index is -0.926. The lowest BCUT2D eigenvalue weighted by atomic mass is 10.1. The van der Waals surface area contributed by atoms with Crippen molar-refractivity contribution in [3.63, 3.8) is 0 Å². The number of amides is 1. The molecule has 1 heterocycles. The van der Waals surface area contributed by atoms with E-state index >= 15 is 0 Å². The van der Waals surface area contributed by atoms with Gasteiger partial charge in [-0.1, -0.05) is 12.1 Å². The zero-order valence-corrected chi connectivity index (χ0v) is 12.9. The average molecular weight is 307 g/mol. The molecule has 22 heavy (non-hydrogen) atoms. The number of aliphatic carboxylic acids is 1. The van der Waals surface area contributed by atoms with E-state index in [1.807, 2.05) is 25.1 Å². The van der Waals surface area contributed by atoms with Crippen molar-refractivity contribution in [3.8, 4) is 5.75 Å². The highest BCUT2D eigenvalue weighted by Crippen LogP contribution is 2.20. The maximum absolute atomic E-state index is 12.5. The topological polar surface area (TPSA) is 76.1 Å². The molecule has 0 radical (unpaired) electrons. The van der Waals surface area contributed by atoms with Gasteiger partial charge in [0.25, 0.3) is 0 Å². The number of carbonyl (C=O) groups is 2. The first-order valence-electron chi connectivity index (χ1n) is 7.23. The molecule has 1 saturated heterocycles. The van der Waals surface area contributed by atoms with Gasteiger partial charge in [-0.2, -0.15) is 0 Å². The van der Waals surface area contributed by atoms with Crippen molar-refractivity contribution in [3.05, 3.63) is 29.3 Å². The predicted molar refractivity (Wildman–Crippen MR) is 80.0 cm³/mol. The largest absolute Gasteiger partial charge is 0.496 e. The van der Waals surface area contributed by atoms with Crippen molar-refractivity contribution in [2.75, 3.05) is 26.9 Å². The zero-order chi connectivity index (χ0) is 16.1. The minimum absolute atomic E-state index is 0.0829. The zero-order valence-electron chi connectivity index (χ0n) is 12.9. The third kappa shape index (κ3) is 3.98. The number of hydrogen-bond donors (Lipinski definition) is 1. The molecule has 1 aliphatic heterocycles. The van der Waals surface area contributed by atoms with Crippen LogP contribution in [0.25, 0.3) is 0 Å². The van der Waals surface area contributed by atoms with Crippen LogP contribution in [0.2, 0.25) is 0 Å². The number of ether oxygens (including phenoxy) is 2. The number of benzene rings is 1. The summed E-state index contributed by atoms with van der Waals surface area (Å²) in [5.74, 6) is -0.264. The van der Waals surface area contributed by atoms with Gasteiger partial charge in [-0.25, -0.2) is 0 Å². The summed E-state index contributed by atoms with van der Waals surface area (Å²) in [7, 11) is 1.60. The predicted octanol–water partition coefficient (Wildman–Crippen LogP) is 1.25. The van der Waals surface area contributed by atoms with Crippen molar-refractivity contribution < 1.29 is 24.2 Å². The molecule has 1 atom stereocenters. The standard InChI is InChI=1S/C16H21NO5/c1-11-3-4-12(7-14(11)21-2)8-15(18)17-5-6-22-10-13(17)9-16(19)20/h3-4,7,13H,5-6,8-10H2,1-2H3,(H,19,20).